The van der Waals surface area contributed by atoms with Crippen molar-refractivity contribution in [1.82, 2.24) is 0 Å². The number of benzene rings is 1. The first-order chi connectivity index (χ1) is 7.58. The van der Waals surface area contributed by atoms with Crippen molar-refractivity contribution in [2.75, 3.05) is 0 Å². The lowest BCUT2D eigenvalue weighted by molar-refractivity contribution is 0.0160. The van der Waals surface area contributed by atoms with Crippen LogP contribution in [0.4, 0.5) is 0 Å². The van der Waals surface area contributed by atoms with Crippen LogP contribution in [0.15, 0.2) is 24.3 Å². The minimum Gasteiger partial charge on any atom is -0.490 e. The molecule has 1 fully saturated rings. The molecule has 0 aromatic heterocycles. The predicted molar refractivity (Wildman–Crippen MR) is 58.5 cm³/mol. The van der Waals surface area contributed by atoms with Gasteiger partial charge in [-0.3, -0.25) is 4.79 Å². The van der Waals surface area contributed by atoms with E-state index in [9.17, 15) is 9.90 Å². The van der Waals surface area contributed by atoms with Crippen molar-refractivity contribution >= 4 is 5.78 Å². The number of fused-ring (bicyclic) bond motifs is 3. The van der Waals surface area contributed by atoms with E-state index in [1.54, 1.807) is 13.0 Å². The number of aliphatic hydroxyl groups is 1. The van der Waals surface area contributed by atoms with Crippen LogP contribution in [-0.2, 0) is 0 Å². The van der Waals surface area contributed by atoms with Crippen molar-refractivity contribution in [3.8, 4) is 5.75 Å². The standard InChI is InChI=1S/C13H14O3/c1-13(15)7-8-6-10(13)12(14)9-4-2-3-5-11(9)16-8/h2-5,8,10,15H,6-7H2,1H3/t8-,10-,13+/m0/s1. The molecule has 0 spiro atoms. The van der Waals surface area contributed by atoms with Gasteiger partial charge in [0.2, 0.25) is 0 Å². The first-order valence-electron chi connectivity index (χ1n) is 5.60. The summed E-state index contributed by atoms with van der Waals surface area (Å²) in [5.41, 5.74) is -0.315. The van der Waals surface area contributed by atoms with Gasteiger partial charge in [0, 0.05) is 6.42 Å². The van der Waals surface area contributed by atoms with E-state index in [2.05, 4.69) is 0 Å². The summed E-state index contributed by atoms with van der Waals surface area (Å²) < 4.78 is 5.77. The van der Waals surface area contributed by atoms with Gasteiger partial charge in [0.1, 0.15) is 11.9 Å². The maximum atomic E-state index is 12.3. The van der Waals surface area contributed by atoms with Gasteiger partial charge in [-0.1, -0.05) is 12.1 Å². The fourth-order valence-corrected chi connectivity index (χ4v) is 2.82. The van der Waals surface area contributed by atoms with Crippen molar-refractivity contribution in [3.63, 3.8) is 0 Å². The maximum Gasteiger partial charge on any atom is 0.172 e. The molecule has 1 aromatic rings. The van der Waals surface area contributed by atoms with E-state index < -0.39 is 5.60 Å². The van der Waals surface area contributed by atoms with Crippen molar-refractivity contribution < 1.29 is 14.6 Å². The molecule has 3 rings (SSSR count). The molecule has 1 aromatic carbocycles. The van der Waals surface area contributed by atoms with Gasteiger partial charge >= 0.3 is 0 Å². The smallest absolute Gasteiger partial charge is 0.172 e. The predicted octanol–water partition coefficient (Wildman–Crippen LogP) is 1.79. The molecule has 1 aliphatic heterocycles. The molecule has 2 aliphatic rings. The van der Waals surface area contributed by atoms with Gasteiger partial charge in [-0.15, -0.1) is 0 Å². The summed E-state index contributed by atoms with van der Waals surface area (Å²) in [7, 11) is 0. The van der Waals surface area contributed by atoms with Gasteiger partial charge in [0.05, 0.1) is 17.1 Å². The lowest BCUT2D eigenvalue weighted by Crippen LogP contribution is -2.35. The third-order valence-electron chi connectivity index (χ3n) is 3.65. The van der Waals surface area contributed by atoms with Gasteiger partial charge in [-0.05, 0) is 25.5 Å². The summed E-state index contributed by atoms with van der Waals surface area (Å²) in [5, 5.41) is 10.2. The Morgan fingerprint density at radius 2 is 2.19 bits per heavy atom. The Balaban J connectivity index is 2.11. The fraction of sp³-hybridized carbons (Fsp3) is 0.462. The minimum atomic E-state index is -0.921. The zero-order valence-corrected chi connectivity index (χ0v) is 9.14. The molecule has 2 bridgehead atoms. The number of Topliss-reactive ketones (excluding diaryl/α,β-unsaturated/α-hetero) is 1. The van der Waals surface area contributed by atoms with Gasteiger partial charge in [0.25, 0.3) is 0 Å². The van der Waals surface area contributed by atoms with Crippen LogP contribution in [0.25, 0.3) is 0 Å². The van der Waals surface area contributed by atoms with Crippen LogP contribution in [0, 0.1) is 5.92 Å². The molecule has 84 valence electrons. The average Bonchev–Trinajstić information content (AvgIpc) is 2.44. The van der Waals surface area contributed by atoms with Crippen LogP contribution in [0.3, 0.4) is 0 Å². The summed E-state index contributed by atoms with van der Waals surface area (Å²) in [4.78, 5) is 12.3. The fourth-order valence-electron chi connectivity index (χ4n) is 2.82. The lowest BCUT2D eigenvalue weighted by atomic mass is 9.86. The molecule has 1 heterocycles. The van der Waals surface area contributed by atoms with Crippen LogP contribution >= 0.6 is 0 Å². The van der Waals surface area contributed by atoms with E-state index in [1.807, 2.05) is 18.2 Å². The maximum absolute atomic E-state index is 12.3. The summed E-state index contributed by atoms with van der Waals surface area (Å²) in [6, 6.07) is 7.29. The highest BCUT2D eigenvalue weighted by molar-refractivity contribution is 6.01. The second-order valence-corrected chi connectivity index (χ2v) is 4.95. The highest BCUT2D eigenvalue weighted by Crippen LogP contribution is 2.43. The summed E-state index contributed by atoms with van der Waals surface area (Å²) in [5.74, 6) is 0.359. The molecule has 16 heavy (non-hydrogen) atoms. The van der Waals surface area contributed by atoms with Crippen LogP contribution < -0.4 is 4.74 Å². The van der Waals surface area contributed by atoms with Crippen LogP contribution in [-0.4, -0.2) is 22.6 Å². The van der Waals surface area contributed by atoms with E-state index >= 15 is 0 Å². The van der Waals surface area contributed by atoms with Crippen molar-refractivity contribution in [2.24, 2.45) is 5.92 Å². The summed E-state index contributed by atoms with van der Waals surface area (Å²) >= 11 is 0. The Hall–Kier alpha value is -1.35. The number of hydrogen-bond acceptors (Lipinski definition) is 3. The largest absolute Gasteiger partial charge is 0.490 e. The Labute approximate surface area is 94.0 Å². The molecular weight excluding hydrogens is 204 g/mol. The van der Waals surface area contributed by atoms with E-state index in [4.69, 9.17) is 4.74 Å². The SMILES string of the molecule is C[C@@]1(O)C[C@@H]2C[C@H]1C(=O)c1ccccc1O2. The Kier molecular flexibility index (Phi) is 1.89. The Morgan fingerprint density at radius 1 is 1.44 bits per heavy atom. The van der Waals surface area contributed by atoms with Gasteiger partial charge in [-0.25, -0.2) is 0 Å². The van der Waals surface area contributed by atoms with Crippen molar-refractivity contribution in [2.45, 2.75) is 31.5 Å². The third-order valence-corrected chi connectivity index (χ3v) is 3.65. The molecule has 0 amide bonds. The molecule has 3 nitrogen and oxygen atoms in total. The number of carbonyl (C=O) groups excluding carboxylic acids is 1. The van der Waals surface area contributed by atoms with Gasteiger partial charge < -0.3 is 9.84 Å². The number of para-hydroxylation sites is 1. The van der Waals surface area contributed by atoms with Crippen LogP contribution in [0.1, 0.15) is 30.1 Å². The molecule has 3 heteroatoms. The zero-order valence-electron chi connectivity index (χ0n) is 9.14. The number of ether oxygens (including phenoxy) is 1. The van der Waals surface area contributed by atoms with E-state index in [-0.39, 0.29) is 17.8 Å². The number of carbonyl (C=O) groups is 1. The van der Waals surface area contributed by atoms with Gasteiger partial charge in [-0.2, -0.15) is 0 Å². The number of hydrogen-bond donors (Lipinski definition) is 1. The van der Waals surface area contributed by atoms with Crippen LogP contribution in [0.2, 0.25) is 0 Å². The Morgan fingerprint density at radius 3 is 3.00 bits per heavy atom. The Bertz CT molecular complexity index is 450. The molecular formula is C13H14O3. The molecule has 0 radical (unpaired) electrons. The van der Waals surface area contributed by atoms with Crippen molar-refractivity contribution in [3.05, 3.63) is 29.8 Å². The molecule has 1 N–H and O–H groups in total. The summed E-state index contributed by atoms with van der Waals surface area (Å²) in [6.07, 6.45) is 1.13. The normalized spacial score (nSPS) is 36.5. The first-order valence-corrected chi connectivity index (χ1v) is 5.60. The molecule has 0 unspecified atom stereocenters. The second kappa shape index (κ2) is 3.08. The monoisotopic (exact) mass is 218 g/mol. The molecule has 3 atom stereocenters. The quantitative estimate of drug-likeness (QED) is 0.722. The minimum absolute atomic E-state index is 0.0144. The molecule has 0 saturated heterocycles. The number of rotatable bonds is 0. The van der Waals surface area contributed by atoms with Crippen LogP contribution in [0.5, 0.6) is 5.75 Å². The number of ketones is 1. The third kappa shape index (κ3) is 1.28. The average molecular weight is 218 g/mol. The highest BCUT2D eigenvalue weighted by Gasteiger charge is 2.49. The lowest BCUT2D eigenvalue weighted by Gasteiger charge is -2.26. The highest BCUT2D eigenvalue weighted by atomic mass is 16.5. The second-order valence-electron chi connectivity index (χ2n) is 4.95. The van der Waals surface area contributed by atoms with E-state index in [0.29, 0.717) is 24.2 Å². The van der Waals surface area contributed by atoms with Crippen molar-refractivity contribution in [1.29, 1.82) is 0 Å². The first kappa shape index (κ1) is 9.85. The summed E-state index contributed by atoms with van der Waals surface area (Å²) in [6.45, 7) is 1.73. The van der Waals surface area contributed by atoms with Gasteiger partial charge in [0.15, 0.2) is 5.78 Å². The van der Waals surface area contributed by atoms with E-state index in [0.717, 1.165) is 0 Å². The molecule has 1 saturated carbocycles. The molecule has 1 aliphatic carbocycles. The topological polar surface area (TPSA) is 46.5 Å². The zero-order chi connectivity index (χ0) is 11.3. The van der Waals surface area contributed by atoms with E-state index in [1.165, 1.54) is 0 Å².